The van der Waals surface area contributed by atoms with Crippen LogP contribution in [0.1, 0.15) is 22.3 Å². The van der Waals surface area contributed by atoms with Gasteiger partial charge in [0.05, 0.1) is 19.8 Å². The second-order valence-electron chi connectivity index (χ2n) is 8.78. The van der Waals surface area contributed by atoms with Crippen molar-refractivity contribution in [3.63, 3.8) is 0 Å². The second-order valence-corrected chi connectivity index (χ2v) is 8.78. The third kappa shape index (κ3) is 4.75. The molecule has 0 saturated carbocycles. The topological polar surface area (TPSA) is 88.4 Å². The summed E-state index contributed by atoms with van der Waals surface area (Å²) in [6.07, 6.45) is 0. The van der Waals surface area contributed by atoms with Crippen molar-refractivity contribution in [1.29, 1.82) is 0 Å². The second kappa shape index (κ2) is 10.1. The molecule has 186 valence electrons. The molecule has 4 rings (SSSR count). The highest BCUT2D eigenvalue weighted by atomic mass is 16.5. The Bertz CT molecular complexity index is 1380. The molecule has 3 N–H and O–H groups in total. The molecular weight excluding hydrogens is 456 g/mol. The molecular formula is C30H30O6. The number of hydrogen-bond acceptors (Lipinski definition) is 6. The van der Waals surface area contributed by atoms with Crippen LogP contribution in [0.3, 0.4) is 0 Å². The average Bonchev–Trinajstić information content (AvgIpc) is 2.84. The van der Waals surface area contributed by atoms with Crippen LogP contribution >= 0.6 is 0 Å². The van der Waals surface area contributed by atoms with Gasteiger partial charge < -0.3 is 29.5 Å². The molecule has 0 unspecified atom stereocenters. The first kappa shape index (κ1) is 24.8. The van der Waals surface area contributed by atoms with Gasteiger partial charge in [-0.3, -0.25) is 0 Å². The predicted molar refractivity (Wildman–Crippen MR) is 140 cm³/mol. The monoisotopic (exact) mass is 486 g/mol. The molecule has 4 aromatic carbocycles. The summed E-state index contributed by atoms with van der Waals surface area (Å²) < 4.78 is 17.1. The van der Waals surface area contributed by atoms with Crippen LogP contribution in [0.15, 0.2) is 60.7 Å². The van der Waals surface area contributed by atoms with E-state index in [1.54, 1.807) is 42.5 Å². The van der Waals surface area contributed by atoms with E-state index in [4.69, 9.17) is 14.2 Å². The first-order chi connectivity index (χ1) is 17.2. The number of aryl methyl sites for hydroxylation is 3. The highest BCUT2D eigenvalue weighted by Crippen LogP contribution is 2.50. The van der Waals surface area contributed by atoms with E-state index in [0.717, 1.165) is 22.3 Å². The Morgan fingerprint density at radius 2 is 1.33 bits per heavy atom. The quantitative estimate of drug-likeness (QED) is 0.271. The molecule has 36 heavy (non-hydrogen) atoms. The Hall–Kier alpha value is -4.32. The van der Waals surface area contributed by atoms with Crippen molar-refractivity contribution in [3.8, 4) is 56.8 Å². The smallest absolute Gasteiger partial charge is 0.170 e. The van der Waals surface area contributed by atoms with Gasteiger partial charge in [0.1, 0.15) is 18.1 Å². The summed E-state index contributed by atoms with van der Waals surface area (Å²) in [7, 11) is 2.98. The fourth-order valence-corrected chi connectivity index (χ4v) is 4.51. The molecule has 6 nitrogen and oxygen atoms in total. The summed E-state index contributed by atoms with van der Waals surface area (Å²) in [5, 5.41) is 31.6. The summed E-state index contributed by atoms with van der Waals surface area (Å²) in [6.45, 7) is 6.48. The molecule has 0 heterocycles. The lowest BCUT2D eigenvalue weighted by Crippen LogP contribution is -2.01. The van der Waals surface area contributed by atoms with Crippen molar-refractivity contribution in [3.05, 3.63) is 82.9 Å². The van der Waals surface area contributed by atoms with Crippen LogP contribution in [-0.4, -0.2) is 29.5 Å². The number of phenols is 3. The Morgan fingerprint density at radius 1 is 0.694 bits per heavy atom. The summed E-state index contributed by atoms with van der Waals surface area (Å²) in [5.74, 6) is 0.939. The number of benzene rings is 4. The fourth-order valence-electron chi connectivity index (χ4n) is 4.51. The first-order valence-corrected chi connectivity index (χ1v) is 11.5. The van der Waals surface area contributed by atoms with E-state index < -0.39 is 0 Å². The third-order valence-corrected chi connectivity index (χ3v) is 6.28. The number of rotatable bonds is 7. The van der Waals surface area contributed by atoms with Crippen molar-refractivity contribution in [2.24, 2.45) is 0 Å². The summed E-state index contributed by atoms with van der Waals surface area (Å²) in [6, 6.07) is 17.5. The number of hydrogen-bond donors (Lipinski definition) is 3. The maximum absolute atomic E-state index is 11.2. The normalized spacial score (nSPS) is 10.8. The molecule has 0 radical (unpaired) electrons. The van der Waals surface area contributed by atoms with Gasteiger partial charge in [0, 0.05) is 5.56 Å². The maximum atomic E-state index is 11.2. The molecule has 0 aromatic heterocycles. The van der Waals surface area contributed by atoms with Gasteiger partial charge >= 0.3 is 0 Å². The van der Waals surface area contributed by atoms with Gasteiger partial charge in [-0.15, -0.1) is 0 Å². The molecule has 0 aliphatic heterocycles. The SMILES string of the molecule is COc1cc(-c2ccc(O)cc2)c(OC)c(O)c1-c1ccc(OCc2c(C)cc(C)cc2C)c(O)c1. The summed E-state index contributed by atoms with van der Waals surface area (Å²) >= 11 is 0. The lowest BCUT2D eigenvalue weighted by Gasteiger charge is -2.19. The summed E-state index contributed by atoms with van der Waals surface area (Å²) in [5.41, 5.74) is 6.80. The van der Waals surface area contributed by atoms with Crippen LogP contribution in [0, 0.1) is 20.8 Å². The van der Waals surface area contributed by atoms with E-state index in [1.807, 2.05) is 13.8 Å². The number of aromatic hydroxyl groups is 3. The van der Waals surface area contributed by atoms with Gasteiger partial charge in [0.25, 0.3) is 0 Å². The zero-order chi connectivity index (χ0) is 26.0. The van der Waals surface area contributed by atoms with Gasteiger partial charge in [0.15, 0.2) is 23.0 Å². The minimum absolute atomic E-state index is 0.0575. The van der Waals surface area contributed by atoms with Crippen molar-refractivity contribution in [2.45, 2.75) is 27.4 Å². The molecule has 0 aliphatic carbocycles. The minimum Gasteiger partial charge on any atom is -0.508 e. The van der Waals surface area contributed by atoms with Crippen LogP contribution in [0.5, 0.6) is 34.5 Å². The number of phenolic OH excluding ortho intramolecular Hbond substituents is 3. The van der Waals surface area contributed by atoms with Crippen molar-refractivity contribution in [2.75, 3.05) is 14.2 Å². The zero-order valence-corrected chi connectivity index (χ0v) is 21.0. The molecule has 0 saturated heterocycles. The standard InChI is InChI=1S/C30H30O6/c1-17-12-18(2)24(19(3)13-17)16-36-26-11-8-21(14-25(26)32)28-27(34-4)15-23(30(35-5)29(28)33)20-6-9-22(31)10-7-20/h6-15,31-33H,16H2,1-5H3. The molecule has 0 atom stereocenters. The lowest BCUT2D eigenvalue weighted by molar-refractivity contribution is 0.287. The van der Waals surface area contributed by atoms with Crippen LogP contribution in [0.25, 0.3) is 22.3 Å². The largest absolute Gasteiger partial charge is 0.508 e. The van der Waals surface area contributed by atoms with Crippen LogP contribution in [0.4, 0.5) is 0 Å². The van der Waals surface area contributed by atoms with Crippen molar-refractivity contribution in [1.82, 2.24) is 0 Å². The highest BCUT2D eigenvalue weighted by Gasteiger charge is 2.22. The Balaban J connectivity index is 1.70. The van der Waals surface area contributed by atoms with Crippen LogP contribution in [0.2, 0.25) is 0 Å². The lowest BCUT2D eigenvalue weighted by atomic mass is 9.96. The van der Waals surface area contributed by atoms with Gasteiger partial charge in [0.2, 0.25) is 0 Å². The fraction of sp³-hybridized carbons (Fsp3) is 0.200. The molecule has 0 amide bonds. The van der Waals surface area contributed by atoms with Crippen LogP contribution in [-0.2, 0) is 6.61 Å². The average molecular weight is 487 g/mol. The predicted octanol–water partition coefficient (Wildman–Crippen LogP) is 6.66. The van der Waals surface area contributed by atoms with Crippen molar-refractivity contribution < 1.29 is 29.5 Å². The van der Waals surface area contributed by atoms with Gasteiger partial charge in [-0.05, 0) is 78.9 Å². The van der Waals surface area contributed by atoms with E-state index in [2.05, 4.69) is 19.1 Å². The van der Waals surface area contributed by atoms with Gasteiger partial charge in [-0.2, -0.15) is 0 Å². The molecule has 0 spiro atoms. The molecule has 6 heteroatoms. The molecule has 4 aromatic rings. The van der Waals surface area contributed by atoms with E-state index >= 15 is 0 Å². The Morgan fingerprint density at radius 3 is 1.92 bits per heavy atom. The molecule has 0 aliphatic rings. The van der Waals surface area contributed by atoms with Crippen LogP contribution < -0.4 is 14.2 Å². The zero-order valence-electron chi connectivity index (χ0n) is 21.0. The Labute approximate surface area is 211 Å². The van der Waals surface area contributed by atoms with E-state index in [1.165, 1.54) is 25.8 Å². The van der Waals surface area contributed by atoms with E-state index in [9.17, 15) is 15.3 Å². The van der Waals surface area contributed by atoms with E-state index in [0.29, 0.717) is 34.8 Å². The summed E-state index contributed by atoms with van der Waals surface area (Å²) in [4.78, 5) is 0. The third-order valence-electron chi connectivity index (χ3n) is 6.28. The molecule has 0 fully saturated rings. The van der Waals surface area contributed by atoms with Crippen molar-refractivity contribution >= 4 is 0 Å². The maximum Gasteiger partial charge on any atom is 0.170 e. The van der Waals surface area contributed by atoms with Gasteiger partial charge in [-0.25, -0.2) is 0 Å². The van der Waals surface area contributed by atoms with E-state index in [-0.39, 0.29) is 23.0 Å². The number of methoxy groups -OCH3 is 2. The van der Waals surface area contributed by atoms with Gasteiger partial charge in [-0.1, -0.05) is 35.9 Å². The Kier molecular flexibility index (Phi) is 6.97. The molecule has 0 bridgehead atoms. The highest BCUT2D eigenvalue weighted by molar-refractivity contribution is 5.88. The minimum atomic E-state index is -0.126. The number of ether oxygens (including phenoxy) is 3. The first-order valence-electron chi connectivity index (χ1n) is 11.5.